The van der Waals surface area contributed by atoms with Gasteiger partial charge in [0.2, 0.25) is 9.97 Å². The summed E-state index contributed by atoms with van der Waals surface area (Å²) in [5.74, 6) is 0.337. The minimum atomic E-state index is -0.307. The maximum absolute atomic E-state index is 12.3. The van der Waals surface area contributed by atoms with Crippen LogP contribution in [0.3, 0.4) is 0 Å². The molecule has 3 rings (SSSR count). The summed E-state index contributed by atoms with van der Waals surface area (Å²) in [6.45, 7) is 5.63. The second-order valence-electron chi connectivity index (χ2n) is 4.74. The van der Waals surface area contributed by atoms with Crippen LogP contribution >= 0.6 is 22.9 Å². The maximum atomic E-state index is 12.3. The molecular weight excluding hydrogens is 310 g/mol. The van der Waals surface area contributed by atoms with Crippen molar-refractivity contribution < 1.29 is 4.79 Å². The summed E-state index contributed by atoms with van der Waals surface area (Å²) < 4.78 is 1.54. The Bertz CT molecular complexity index is 830. The van der Waals surface area contributed by atoms with Gasteiger partial charge >= 0.3 is 0 Å². The predicted octanol–water partition coefficient (Wildman–Crippen LogP) is 3.02. The average molecular weight is 322 g/mol. The van der Waals surface area contributed by atoms with E-state index in [1.54, 1.807) is 11.4 Å². The molecule has 2 aromatic heterocycles. The molecule has 0 aliphatic carbocycles. The molecule has 0 saturated carbocycles. The fraction of sp³-hybridized carbons (Fsp3) is 0.231. The van der Waals surface area contributed by atoms with Crippen molar-refractivity contribution in [2.24, 2.45) is 0 Å². The van der Waals surface area contributed by atoms with E-state index in [1.807, 2.05) is 26.0 Å². The largest absolute Gasteiger partial charge is 0.318 e. The number of amides is 1. The molecule has 2 heterocycles. The predicted molar refractivity (Wildman–Crippen MR) is 82.3 cm³/mol. The number of anilines is 1. The normalized spacial score (nSPS) is 11.0. The van der Waals surface area contributed by atoms with E-state index < -0.39 is 0 Å². The molecule has 0 atom stereocenters. The highest BCUT2D eigenvalue weighted by molar-refractivity contribution is 7.18. The first kappa shape index (κ1) is 14.0. The molecule has 8 heteroatoms. The standard InChI is InChI=1S/C13H12ClN5OS/c1-6-4-7(2)10(9(14)5-6)15-11(20)12-18-19-8(3)16-17-13(19)21-12/h4-5H,1-3H3,(H,15,20). The van der Waals surface area contributed by atoms with Crippen LogP contribution in [0.4, 0.5) is 5.69 Å². The summed E-state index contributed by atoms with van der Waals surface area (Å²) >= 11 is 7.37. The first-order chi connectivity index (χ1) is 9.95. The minimum Gasteiger partial charge on any atom is -0.318 e. The molecule has 0 radical (unpaired) electrons. The Morgan fingerprint density at radius 2 is 2.05 bits per heavy atom. The quantitative estimate of drug-likeness (QED) is 0.787. The van der Waals surface area contributed by atoms with E-state index in [1.165, 1.54) is 11.3 Å². The van der Waals surface area contributed by atoms with Crippen molar-refractivity contribution in [2.45, 2.75) is 20.8 Å². The van der Waals surface area contributed by atoms with Crippen LogP contribution in [0.25, 0.3) is 4.96 Å². The lowest BCUT2D eigenvalue weighted by Crippen LogP contribution is -2.13. The highest BCUT2D eigenvalue weighted by Crippen LogP contribution is 2.28. The lowest BCUT2D eigenvalue weighted by molar-refractivity contribution is 0.102. The van der Waals surface area contributed by atoms with Gasteiger partial charge in [-0.25, -0.2) is 0 Å². The number of nitrogens with zero attached hydrogens (tertiary/aromatic N) is 4. The second-order valence-corrected chi connectivity index (χ2v) is 6.10. The molecule has 1 amide bonds. The summed E-state index contributed by atoms with van der Waals surface area (Å²) in [4.78, 5) is 12.9. The Balaban J connectivity index is 1.93. The van der Waals surface area contributed by atoms with Gasteiger partial charge in [-0.2, -0.15) is 4.52 Å². The Morgan fingerprint density at radius 3 is 2.71 bits per heavy atom. The summed E-state index contributed by atoms with van der Waals surface area (Å²) in [5.41, 5.74) is 2.56. The molecule has 6 nitrogen and oxygen atoms in total. The number of halogens is 1. The van der Waals surface area contributed by atoms with Gasteiger partial charge in [-0.1, -0.05) is 29.0 Å². The van der Waals surface area contributed by atoms with E-state index in [0.717, 1.165) is 11.1 Å². The van der Waals surface area contributed by atoms with Crippen LogP contribution in [0, 0.1) is 20.8 Å². The van der Waals surface area contributed by atoms with Crippen molar-refractivity contribution in [1.82, 2.24) is 19.8 Å². The molecule has 1 N–H and O–H groups in total. The number of aryl methyl sites for hydroxylation is 3. The Morgan fingerprint density at radius 1 is 1.29 bits per heavy atom. The lowest BCUT2D eigenvalue weighted by atomic mass is 10.1. The Labute approximate surface area is 129 Å². The average Bonchev–Trinajstić information content (AvgIpc) is 2.96. The summed E-state index contributed by atoms with van der Waals surface area (Å²) in [6, 6.07) is 3.77. The molecule has 3 aromatic rings. The molecular formula is C13H12ClN5OS. The van der Waals surface area contributed by atoms with Crippen molar-refractivity contribution in [3.63, 3.8) is 0 Å². The number of hydrogen-bond donors (Lipinski definition) is 1. The van der Waals surface area contributed by atoms with Crippen LogP contribution in [0.15, 0.2) is 12.1 Å². The van der Waals surface area contributed by atoms with Gasteiger partial charge in [0.25, 0.3) is 5.91 Å². The van der Waals surface area contributed by atoms with E-state index in [0.29, 0.717) is 26.5 Å². The van der Waals surface area contributed by atoms with Crippen molar-refractivity contribution >= 4 is 39.5 Å². The number of fused-ring (bicyclic) bond motifs is 1. The molecule has 0 fully saturated rings. The molecule has 108 valence electrons. The molecule has 0 saturated heterocycles. The van der Waals surface area contributed by atoms with Crippen molar-refractivity contribution in [3.05, 3.63) is 39.1 Å². The van der Waals surface area contributed by atoms with Gasteiger partial charge in [0.15, 0.2) is 5.82 Å². The fourth-order valence-corrected chi connectivity index (χ4v) is 3.20. The van der Waals surface area contributed by atoms with E-state index in [9.17, 15) is 4.79 Å². The molecule has 0 unspecified atom stereocenters. The van der Waals surface area contributed by atoms with Crippen molar-refractivity contribution in [3.8, 4) is 0 Å². The minimum absolute atomic E-state index is 0.307. The summed E-state index contributed by atoms with van der Waals surface area (Å²) in [7, 11) is 0. The van der Waals surface area contributed by atoms with Crippen LogP contribution < -0.4 is 5.32 Å². The molecule has 1 aromatic carbocycles. The van der Waals surface area contributed by atoms with Gasteiger partial charge in [0.05, 0.1) is 10.7 Å². The number of aromatic nitrogens is 4. The first-order valence-electron chi connectivity index (χ1n) is 6.22. The van der Waals surface area contributed by atoms with Gasteiger partial charge in [-0.05, 0) is 38.0 Å². The molecule has 21 heavy (non-hydrogen) atoms. The van der Waals surface area contributed by atoms with Crippen LogP contribution in [0.1, 0.15) is 26.8 Å². The fourth-order valence-electron chi connectivity index (χ4n) is 2.05. The van der Waals surface area contributed by atoms with Gasteiger partial charge in [-0.15, -0.1) is 15.3 Å². The topological polar surface area (TPSA) is 72.2 Å². The van der Waals surface area contributed by atoms with E-state index in [4.69, 9.17) is 11.6 Å². The zero-order valence-electron chi connectivity index (χ0n) is 11.6. The Kier molecular flexibility index (Phi) is 3.38. The zero-order valence-corrected chi connectivity index (χ0v) is 13.2. The summed E-state index contributed by atoms with van der Waals surface area (Å²) in [5, 5.41) is 15.7. The van der Waals surface area contributed by atoms with Gasteiger partial charge in [0.1, 0.15) is 0 Å². The monoisotopic (exact) mass is 321 g/mol. The Hall–Kier alpha value is -1.99. The highest BCUT2D eigenvalue weighted by atomic mass is 35.5. The zero-order chi connectivity index (χ0) is 15.1. The molecule has 0 bridgehead atoms. The van der Waals surface area contributed by atoms with Gasteiger partial charge in [-0.3, -0.25) is 4.79 Å². The van der Waals surface area contributed by atoms with E-state index >= 15 is 0 Å². The van der Waals surface area contributed by atoms with E-state index in [-0.39, 0.29) is 5.91 Å². The number of benzene rings is 1. The third kappa shape index (κ3) is 2.50. The maximum Gasteiger partial charge on any atom is 0.286 e. The van der Waals surface area contributed by atoms with Crippen LogP contribution in [-0.4, -0.2) is 25.7 Å². The van der Waals surface area contributed by atoms with E-state index in [2.05, 4.69) is 20.6 Å². The highest BCUT2D eigenvalue weighted by Gasteiger charge is 2.17. The lowest BCUT2D eigenvalue weighted by Gasteiger charge is -2.10. The second kappa shape index (κ2) is 5.09. The summed E-state index contributed by atoms with van der Waals surface area (Å²) in [6.07, 6.45) is 0. The van der Waals surface area contributed by atoms with Crippen LogP contribution in [-0.2, 0) is 0 Å². The molecule has 0 aliphatic rings. The number of carbonyl (C=O) groups is 1. The van der Waals surface area contributed by atoms with Gasteiger partial charge < -0.3 is 5.32 Å². The van der Waals surface area contributed by atoms with Crippen LogP contribution in [0.5, 0.6) is 0 Å². The smallest absolute Gasteiger partial charge is 0.286 e. The van der Waals surface area contributed by atoms with Crippen molar-refractivity contribution in [2.75, 3.05) is 5.32 Å². The number of carbonyl (C=O) groups excluding carboxylic acids is 1. The van der Waals surface area contributed by atoms with Crippen LogP contribution in [0.2, 0.25) is 5.02 Å². The third-order valence-electron chi connectivity index (χ3n) is 3.01. The molecule has 0 aliphatic heterocycles. The molecule has 0 spiro atoms. The van der Waals surface area contributed by atoms with Crippen molar-refractivity contribution in [1.29, 1.82) is 0 Å². The number of rotatable bonds is 2. The number of nitrogens with one attached hydrogen (secondary N) is 1. The SMILES string of the molecule is Cc1cc(C)c(NC(=O)c2nn3c(C)nnc3s2)c(Cl)c1. The number of hydrogen-bond acceptors (Lipinski definition) is 5. The third-order valence-corrected chi connectivity index (χ3v) is 4.21. The van der Waals surface area contributed by atoms with Gasteiger partial charge in [0, 0.05) is 0 Å². The first-order valence-corrected chi connectivity index (χ1v) is 7.42.